The Kier molecular flexibility index (Phi) is 7.62. The number of amides is 1. The summed E-state index contributed by atoms with van der Waals surface area (Å²) >= 11 is 3.53. The minimum Gasteiger partial charge on any atom is -0.494 e. The van der Waals surface area contributed by atoms with Crippen LogP contribution in [0, 0.1) is 0 Å². The summed E-state index contributed by atoms with van der Waals surface area (Å²) in [4.78, 5) is 11.1. The van der Waals surface area contributed by atoms with Gasteiger partial charge in [-0.05, 0) is 43.0 Å². The number of halogens is 1. The van der Waals surface area contributed by atoms with Crippen molar-refractivity contribution >= 4 is 21.8 Å². The Labute approximate surface area is 129 Å². The van der Waals surface area contributed by atoms with Crippen molar-refractivity contribution in [2.75, 3.05) is 13.7 Å². The second-order valence-corrected chi connectivity index (χ2v) is 5.61. The Bertz CT molecular complexity index is 438. The van der Waals surface area contributed by atoms with E-state index in [9.17, 15) is 4.79 Å². The van der Waals surface area contributed by atoms with E-state index in [1.54, 1.807) is 7.05 Å². The van der Waals surface area contributed by atoms with Gasteiger partial charge in [0.15, 0.2) is 0 Å². The van der Waals surface area contributed by atoms with E-state index >= 15 is 0 Å². The Hall–Kier alpha value is -1.07. The zero-order valence-corrected chi connectivity index (χ0v) is 13.7. The van der Waals surface area contributed by atoms with Gasteiger partial charge in [-0.25, -0.2) is 0 Å². The number of nitrogens with one attached hydrogen (secondary N) is 1. The van der Waals surface area contributed by atoms with Crippen molar-refractivity contribution < 1.29 is 9.53 Å². The molecule has 0 radical (unpaired) electrons. The zero-order valence-electron chi connectivity index (χ0n) is 12.1. The Morgan fingerprint density at radius 3 is 2.90 bits per heavy atom. The van der Waals surface area contributed by atoms with Gasteiger partial charge >= 0.3 is 0 Å². The average Bonchev–Trinajstić information content (AvgIpc) is 2.46. The first kappa shape index (κ1) is 17.0. The van der Waals surface area contributed by atoms with Crippen molar-refractivity contribution in [1.82, 2.24) is 5.32 Å². The molecule has 1 aromatic carbocycles. The van der Waals surface area contributed by atoms with E-state index in [-0.39, 0.29) is 11.9 Å². The highest BCUT2D eigenvalue weighted by Crippen LogP contribution is 2.24. The zero-order chi connectivity index (χ0) is 15.0. The van der Waals surface area contributed by atoms with Crippen molar-refractivity contribution in [2.45, 2.75) is 38.6 Å². The van der Waals surface area contributed by atoms with Crippen molar-refractivity contribution in [3.05, 3.63) is 28.2 Å². The van der Waals surface area contributed by atoms with Gasteiger partial charge < -0.3 is 15.8 Å². The van der Waals surface area contributed by atoms with Gasteiger partial charge in [0.05, 0.1) is 6.61 Å². The van der Waals surface area contributed by atoms with Crippen LogP contribution in [0.5, 0.6) is 5.75 Å². The highest BCUT2D eigenvalue weighted by Gasteiger charge is 2.07. The molecule has 20 heavy (non-hydrogen) atoms. The summed E-state index contributed by atoms with van der Waals surface area (Å²) in [5.41, 5.74) is 7.14. The van der Waals surface area contributed by atoms with E-state index in [4.69, 9.17) is 10.5 Å². The highest BCUT2D eigenvalue weighted by molar-refractivity contribution is 9.10. The second kappa shape index (κ2) is 8.97. The molecule has 1 amide bonds. The number of hydrogen-bond donors (Lipinski definition) is 2. The van der Waals surface area contributed by atoms with Crippen LogP contribution in [-0.2, 0) is 11.2 Å². The normalized spacial score (nSPS) is 12.0. The van der Waals surface area contributed by atoms with Crippen LogP contribution in [0.1, 0.15) is 31.7 Å². The van der Waals surface area contributed by atoms with Crippen LogP contribution in [0.25, 0.3) is 0 Å². The van der Waals surface area contributed by atoms with Gasteiger partial charge in [0, 0.05) is 24.0 Å². The molecular weight excluding hydrogens is 320 g/mol. The van der Waals surface area contributed by atoms with Gasteiger partial charge in [0.25, 0.3) is 0 Å². The van der Waals surface area contributed by atoms with Crippen molar-refractivity contribution in [3.63, 3.8) is 0 Å². The largest absolute Gasteiger partial charge is 0.494 e. The monoisotopic (exact) mass is 342 g/mol. The second-order valence-electron chi connectivity index (χ2n) is 4.75. The molecule has 1 unspecified atom stereocenters. The molecule has 0 aliphatic heterocycles. The van der Waals surface area contributed by atoms with Gasteiger partial charge in [0.1, 0.15) is 5.75 Å². The smallest absolute Gasteiger partial charge is 0.219 e. The predicted molar refractivity (Wildman–Crippen MR) is 84.9 cm³/mol. The van der Waals surface area contributed by atoms with E-state index in [0.717, 1.165) is 28.6 Å². The van der Waals surface area contributed by atoms with Gasteiger partial charge in [-0.3, -0.25) is 4.79 Å². The fourth-order valence-electron chi connectivity index (χ4n) is 1.77. The molecular formula is C15H23BrN2O2. The first-order valence-corrected chi connectivity index (χ1v) is 7.73. The number of benzene rings is 1. The van der Waals surface area contributed by atoms with Crippen molar-refractivity contribution in [2.24, 2.45) is 5.73 Å². The fraction of sp³-hybridized carbons (Fsp3) is 0.533. The Balaban J connectivity index is 2.50. The van der Waals surface area contributed by atoms with Crippen LogP contribution in [0.3, 0.4) is 0 Å². The molecule has 0 saturated heterocycles. The van der Waals surface area contributed by atoms with Gasteiger partial charge in [0.2, 0.25) is 5.91 Å². The van der Waals surface area contributed by atoms with Crippen LogP contribution in [0.2, 0.25) is 0 Å². The maximum atomic E-state index is 11.1. The third-order valence-corrected chi connectivity index (χ3v) is 3.89. The van der Waals surface area contributed by atoms with E-state index in [2.05, 4.69) is 28.2 Å². The maximum absolute atomic E-state index is 11.1. The highest BCUT2D eigenvalue weighted by atomic mass is 79.9. The standard InChI is InChI=1S/C15H23BrN2O2/c1-3-12(17)9-11-10-13(6-7-14(11)16)20-8-4-5-15(19)18-2/h6-7,10,12H,3-5,8-9,17H2,1-2H3,(H,18,19). The van der Waals surface area contributed by atoms with Crippen LogP contribution in [0.4, 0.5) is 0 Å². The number of carbonyl (C=O) groups is 1. The molecule has 0 aromatic heterocycles. The molecule has 1 aromatic rings. The summed E-state index contributed by atoms with van der Waals surface area (Å²) in [5.74, 6) is 0.863. The third kappa shape index (κ3) is 5.92. The SMILES string of the molecule is CCC(N)Cc1cc(OCCCC(=O)NC)ccc1Br. The number of carbonyl (C=O) groups excluding carboxylic acids is 1. The lowest BCUT2D eigenvalue weighted by Crippen LogP contribution is -2.21. The molecule has 0 spiro atoms. The minimum atomic E-state index is 0.0408. The van der Waals surface area contributed by atoms with E-state index in [0.29, 0.717) is 19.4 Å². The molecule has 0 fully saturated rings. The molecule has 0 aliphatic rings. The minimum absolute atomic E-state index is 0.0408. The first-order chi connectivity index (χ1) is 9.56. The summed E-state index contributed by atoms with van der Waals surface area (Å²) < 4.78 is 6.72. The molecule has 4 nitrogen and oxygen atoms in total. The molecule has 1 atom stereocenters. The Morgan fingerprint density at radius 1 is 1.50 bits per heavy atom. The van der Waals surface area contributed by atoms with Crippen LogP contribution in [0.15, 0.2) is 22.7 Å². The molecule has 112 valence electrons. The third-order valence-electron chi connectivity index (χ3n) is 3.12. The number of rotatable bonds is 8. The first-order valence-electron chi connectivity index (χ1n) is 6.94. The molecule has 1 rings (SSSR count). The lowest BCUT2D eigenvalue weighted by Gasteiger charge is -2.13. The number of ether oxygens (including phenoxy) is 1. The molecule has 3 N–H and O–H groups in total. The maximum Gasteiger partial charge on any atom is 0.219 e. The molecule has 5 heteroatoms. The number of hydrogen-bond acceptors (Lipinski definition) is 3. The van der Waals surface area contributed by atoms with Gasteiger partial charge in [-0.15, -0.1) is 0 Å². The summed E-state index contributed by atoms with van der Waals surface area (Å²) in [5, 5.41) is 2.59. The topological polar surface area (TPSA) is 64.3 Å². The summed E-state index contributed by atoms with van der Waals surface area (Å²) in [6.07, 6.45) is 2.97. The fourth-order valence-corrected chi connectivity index (χ4v) is 2.18. The van der Waals surface area contributed by atoms with E-state index < -0.39 is 0 Å². The van der Waals surface area contributed by atoms with Crippen LogP contribution >= 0.6 is 15.9 Å². The van der Waals surface area contributed by atoms with Gasteiger partial charge in [-0.1, -0.05) is 22.9 Å². The molecule has 0 saturated carbocycles. The Morgan fingerprint density at radius 2 is 2.25 bits per heavy atom. The summed E-state index contributed by atoms with van der Waals surface area (Å²) in [7, 11) is 1.64. The number of nitrogens with two attached hydrogens (primary N) is 1. The van der Waals surface area contributed by atoms with E-state index in [1.165, 1.54) is 0 Å². The van der Waals surface area contributed by atoms with Crippen molar-refractivity contribution in [3.8, 4) is 5.75 Å². The van der Waals surface area contributed by atoms with E-state index in [1.807, 2.05) is 18.2 Å². The lowest BCUT2D eigenvalue weighted by molar-refractivity contribution is -0.120. The molecule has 0 aliphatic carbocycles. The average molecular weight is 343 g/mol. The van der Waals surface area contributed by atoms with Crippen LogP contribution in [-0.4, -0.2) is 25.6 Å². The summed E-state index contributed by atoms with van der Waals surface area (Å²) in [6.45, 7) is 2.62. The molecule has 0 bridgehead atoms. The predicted octanol–water partition coefficient (Wildman–Crippen LogP) is 2.63. The molecule has 0 heterocycles. The van der Waals surface area contributed by atoms with Crippen LogP contribution < -0.4 is 15.8 Å². The lowest BCUT2D eigenvalue weighted by atomic mass is 10.0. The summed E-state index contributed by atoms with van der Waals surface area (Å²) in [6, 6.07) is 6.07. The van der Waals surface area contributed by atoms with Gasteiger partial charge in [-0.2, -0.15) is 0 Å². The quantitative estimate of drug-likeness (QED) is 0.713. The van der Waals surface area contributed by atoms with Crippen molar-refractivity contribution in [1.29, 1.82) is 0 Å².